The largest absolute Gasteiger partial charge is 0.317 e. The number of nitrogens with one attached hydrogen (secondary N) is 2. The summed E-state index contributed by atoms with van der Waals surface area (Å²) in [6, 6.07) is 2.87. The van der Waals surface area contributed by atoms with E-state index in [9.17, 15) is 8.42 Å². The summed E-state index contributed by atoms with van der Waals surface area (Å²) in [6.07, 6.45) is 0.506. The lowest BCUT2D eigenvalue weighted by Gasteiger charge is -2.11. The van der Waals surface area contributed by atoms with Gasteiger partial charge in [0.1, 0.15) is 0 Å². The van der Waals surface area contributed by atoms with Gasteiger partial charge >= 0.3 is 0 Å². The highest BCUT2D eigenvalue weighted by molar-refractivity contribution is 7.92. The molecule has 0 radical (unpaired) electrons. The molecule has 0 heterocycles. The van der Waals surface area contributed by atoms with Gasteiger partial charge in [-0.3, -0.25) is 4.72 Å². The van der Waals surface area contributed by atoms with Crippen LogP contribution in [0.25, 0.3) is 0 Å². The Morgan fingerprint density at radius 3 is 2.26 bits per heavy atom. The maximum absolute atomic E-state index is 11.9. The molecule has 0 saturated carbocycles. The maximum Gasteiger partial charge on any atom is 0.232 e. The molecule has 0 unspecified atom stereocenters. The van der Waals surface area contributed by atoms with Crippen LogP contribution < -0.4 is 10.0 Å². The highest BCUT2D eigenvalue weighted by Crippen LogP contribution is 2.34. The first-order valence-corrected chi connectivity index (χ1v) is 8.50. The van der Waals surface area contributed by atoms with E-state index in [1.165, 1.54) is 12.1 Å². The monoisotopic (exact) mass is 344 g/mol. The van der Waals surface area contributed by atoms with E-state index in [2.05, 4.69) is 10.0 Å². The van der Waals surface area contributed by atoms with Gasteiger partial charge in [-0.25, -0.2) is 8.42 Å². The fraction of sp³-hybridized carbons (Fsp3) is 0.455. The van der Waals surface area contributed by atoms with E-state index < -0.39 is 10.0 Å². The number of sulfonamides is 1. The summed E-state index contributed by atoms with van der Waals surface area (Å²) in [7, 11) is -3.47. The first kappa shape index (κ1) is 16.9. The molecule has 0 saturated heterocycles. The molecule has 0 aromatic heterocycles. The van der Waals surface area contributed by atoms with Gasteiger partial charge in [-0.05, 0) is 31.6 Å². The lowest BCUT2D eigenvalue weighted by molar-refractivity contribution is 0.595. The van der Waals surface area contributed by atoms with Gasteiger partial charge in [0.05, 0.1) is 21.5 Å². The van der Waals surface area contributed by atoms with Crippen molar-refractivity contribution >= 4 is 50.5 Å². The van der Waals surface area contributed by atoms with Crippen LogP contribution in [0.1, 0.15) is 13.3 Å². The molecule has 0 aliphatic heterocycles. The number of halogens is 3. The minimum absolute atomic E-state index is 0.00468. The second kappa shape index (κ2) is 7.55. The second-order valence-corrected chi connectivity index (χ2v) is 6.97. The van der Waals surface area contributed by atoms with Gasteiger partial charge < -0.3 is 5.32 Å². The predicted octanol–water partition coefficient (Wildman–Crippen LogP) is 3.39. The van der Waals surface area contributed by atoms with Crippen LogP contribution in [-0.2, 0) is 10.0 Å². The van der Waals surface area contributed by atoms with Gasteiger partial charge in [0.2, 0.25) is 10.0 Å². The van der Waals surface area contributed by atoms with Gasteiger partial charge in [0.15, 0.2) is 0 Å². The fourth-order valence-corrected chi connectivity index (χ4v) is 3.59. The Morgan fingerprint density at radius 1 is 1.16 bits per heavy atom. The van der Waals surface area contributed by atoms with E-state index >= 15 is 0 Å². The number of hydrogen-bond donors (Lipinski definition) is 2. The van der Waals surface area contributed by atoms with Crippen molar-refractivity contribution in [3.05, 3.63) is 27.2 Å². The minimum atomic E-state index is -3.47. The van der Waals surface area contributed by atoms with E-state index in [0.717, 1.165) is 6.54 Å². The average molecular weight is 346 g/mol. The van der Waals surface area contributed by atoms with Crippen LogP contribution in [-0.4, -0.2) is 27.3 Å². The van der Waals surface area contributed by atoms with Gasteiger partial charge in [0, 0.05) is 5.02 Å². The van der Waals surface area contributed by atoms with E-state index in [1.54, 1.807) is 0 Å². The van der Waals surface area contributed by atoms with Gasteiger partial charge in [-0.2, -0.15) is 0 Å². The number of benzene rings is 1. The lowest BCUT2D eigenvalue weighted by atomic mass is 10.3. The van der Waals surface area contributed by atoms with E-state index in [4.69, 9.17) is 34.8 Å². The molecule has 0 spiro atoms. The van der Waals surface area contributed by atoms with Crippen LogP contribution >= 0.6 is 34.8 Å². The molecule has 0 atom stereocenters. The number of rotatable bonds is 7. The molecule has 0 aliphatic rings. The summed E-state index contributed by atoms with van der Waals surface area (Å²) in [5.74, 6) is -0.00468. The molecular formula is C11H15Cl3N2O2S. The maximum atomic E-state index is 11.9. The van der Waals surface area contributed by atoms with E-state index in [-0.39, 0.29) is 21.5 Å². The zero-order chi connectivity index (χ0) is 14.5. The smallest absolute Gasteiger partial charge is 0.232 e. The Hall–Kier alpha value is -0.200. The third-order valence-electron chi connectivity index (χ3n) is 2.28. The van der Waals surface area contributed by atoms with E-state index in [1.807, 2.05) is 6.92 Å². The van der Waals surface area contributed by atoms with Crippen LogP contribution in [0.3, 0.4) is 0 Å². The first-order valence-electron chi connectivity index (χ1n) is 5.71. The highest BCUT2D eigenvalue weighted by Gasteiger charge is 2.15. The molecule has 108 valence electrons. The van der Waals surface area contributed by atoms with Gasteiger partial charge in [-0.1, -0.05) is 41.7 Å². The number of hydrogen-bond acceptors (Lipinski definition) is 3. The molecule has 0 fully saturated rings. The Balaban J connectivity index is 2.73. The molecule has 1 aromatic rings. The standard InChI is InChI=1S/C11H15Cl3N2O2S/c1-2-15-4-3-5-19(17,18)16-11-9(13)6-8(12)7-10(11)14/h6-7,15-16H,2-5H2,1H3. The zero-order valence-electron chi connectivity index (χ0n) is 10.3. The molecule has 1 rings (SSSR count). The SMILES string of the molecule is CCNCCCS(=O)(=O)Nc1c(Cl)cc(Cl)cc1Cl. The van der Waals surface area contributed by atoms with Gasteiger partial charge in [0.25, 0.3) is 0 Å². The predicted molar refractivity (Wildman–Crippen MR) is 82.0 cm³/mol. The van der Waals surface area contributed by atoms with Crippen molar-refractivity contribution in [3.63, 3.8) is 0 Å². The third kappa shape index (κ3) is 5.75. The summed E-state index contributed by atoms with van der Waals surface area (Å²) in [5.41, 5.74) is 0.163. The van der Waals surface area contributed by atoms with Crippen molar-refractivity contribution in [2.75, 3.05) is 23.6 Å². The van der Waals surface area contributed by atoms with Crippen LogP contribution in [0.2, 0.25) is 15.1 Å². The van der Waals surface area contributed by atoms with Gasteiger partial charge in [-0.15, -0.1) is 0 Å². The molecule has 0 bridgehead atoms. The van der Waals surface area contributed by atoms with Crippen molar-refractivity contribution < 1.29 is 8.42 Å². The van der Waals surface area contributed by atoms with Crippen molar-refractivity contribution in [2.24, 2.45) is 0 Å². The minimum Gasteiger partial charge on any atom is -0.317 e. The molecule has 1 aromatic carbocycles. The van der Waals surface area contributed by atoms with Crippen LogP contribution in [0.4, 0.5) is 5.69 Å². The Morgan fingerprint density at radius 2 is 1.74 bits per heavy atom. The van der Waals surface area contributed by atoms with Crippen molar-refractivity contribution in [1.29, 1.82) is 0 Å². The van der Waals surface area contributed by atoms with Crippen LogP contribution in [0.5, 0.6) is 0 Å². The van der Waals surface area contributed by atoms with Crippen LogP contribution in [0, 0.1) is 0 Å². The normalized spacial score (nSPS) is 11.6. The first-order chi connectivity index (χ1) is 8.85. The Labute approximate surface area is 128 Å². The van der Waals surface area contributed by atoms with Crippen molar-refractivity contribution in [3.8, 4) is 0 Å². The number of anilines is 1. The summed E-state index contributed by atoms with van der Waals surface area (Å²) in [6.45, 7) is 3.40. The highest BCUT2D eigenvalue weighted by atomic mass is 35.5. The van der Waals surface area contributed by atoms with Crippen molar-refractivity contribution in [2.45, 2.75) is 13.3 Å². The molecule has 19 heavy (non-hydrogen) atoms. The topological polar surface area (TPSA) is 58.2 Å². The third-order valence-corrected chi connectivity index (χ3v) is 4.44. The van der Waals surface area contributed by atoms with E-state index in [0.29, 0.717) is 18.0 Å². The van der Waals surface area contributed by atoms with Crippen molar-refractivity contribution in [1.82, 2.24) is 5.32 Å². The Bertz CT molecular complexity index is 512. The molecule has 2 N–H and O–H groups in total. The molecular weight excluding hydrogens is 331 g/mol. The summed E-state index contributed by atoms with van der Waals surface area (Å²) >= 11 is 17.6. The Kier molecular flexibility index (Phi) is 6.69. The van der Waals surface area contributed by atoms with Crippen LogP contribution in [0.15, 0.2) is 12.1 Å². The molecule has 0 aliphatic carbocycles. The summed E-state index contributed by atoms with van der Waals surface area (Å²) in [4.78, 5) is 0. The molecule has 4 nitrogen and oxygen atoms in total. The average Bonchev–Trinajstić information content (AvgIpc) is 2.29. The molecule has 0 amide bonds. The quantitative estimate of drug-likeness (QED) is 0.745. The summed E-state index contributed by atoms with van der Waals surface area (Å²) < 4.78 is 26.1. The lowest BCUT2D eigenvalue weighted by Crippen LogP contribution is -2.22. The molecule has 8 heteroatoms. The second-order valence-electron chi connectivity index (χ2n) is 3.87. The zero-order valence-corrected chi connectivity index (χ0v) is 13.4. The summed E-state index contributed by atoms with van der Waals surface area (Å²) in [5, 5.41) is 3.75. The fourth-order valence-electron chi connectivity index (χ4n) is 1.41.